The fourth-order valence-electron chi connectivity index (χ4n) is 8.41. The zero-order valence-corrected chi connectivity index (χ0v) is 39.7. The second-order valence-electron chi connectivity index (χ2n) is 16.6. The molecule has 2 aliphatic heterocycles. The minimum absolute atomic E-state index is 0.736. The fraction of sp³-hybridized carbons (Fsp3) is 0.288. The lowest BCUT2D eigenvalue weighted by atomic mass is 10.1. The molecule has 2 aliphatic rings. The number of allylic oxidation sites excluding steroid dienone is 6. The van der Waals surface area contributed by atoms with Gasteiger partial charge in [-0.3, -0.25) is 25.1 Å². The highest BCUT2D eigenvalue weighted by Crippen LogP contribution is 2.34. The van der Waals surface area contributed by atoms with Crippen LogP contribution in [0.1, 0.15) is 46.0 Å². The third-order valence-corrected chi connectivity index (χ3v) is 12.3. The Bertz CT molecular complexity index is 3190. The predicted molar refractivity (Wildman–Crippen MR) is 276 cm³/mol. The van der Waals surface area contributed by atoms with Gasteiger partial charge in [-0.2, -0.15) is 10.2 Å². The van der Waals surface area contributed by atoms with E-state index in [0.717, 1.165) is 158 Å². The number of nitrogens with zero attached hydrogens (tertiary/aromatic N) is 11. The monoisotopic (exact) mass is 896 g/mol. The van der Waals surface area contributed by atoms with E-state index in [1.807, 2.05) is 83.6 Å². The molecule has 10 heterocycles. The molecule has 0 saturated carbocycles. The largest absolute Gasteiger partial charge is 0.353 e. The standard InChI is InChI=1S/C26H29N7.C24H26N8.C2H6/c1-5-17(3)13-18(6-2)22-14-19-24(16-28-22)30-31-25(19)23-15-20-21(29-23)7-8-27-26(20)33-11-9-32(4)10-12-33;1-4-19-17(13-16(2)22-15-25-7-8-26-22)23(30-29-19)21-14-18-20(28-21)5-6-27-24(18)32-11-9-31(3)10-12-32;1-2/h5-8,13-16,29H,1,9-12H2,2-4H3,(H,30,31);4-8,13-15,28-29H,2,9-12H2,1,3H3;1-2H3/b17-13-,18-6+;17-13+,19-4+;. The van der Waals surface area contributed by atoms with Gasteiger partial charge < -0.3 is 29.6 Å². The summed E-state index contributed by atoms with van der Waals surface area (Å²) < 4.78 is 0. The Labute approximate surface area is 391 Å². The van der Waals surface area contributed by atoms with Gasteiger partial charge in [-0.15, -0.1) is 0 Å². The molecule has 344 valence electrons. The molecule has 10 rings (SSSR count). The number of fused-ring (bicyclic) bond motifs is 3. The van der Waals surface area contributed by atoms with Crippen molar-refractivity contribution in [3.8, 4) is 22.8 Å². The molecule has 0 aromatic carbocycles. The molecule has 67 heavy (non-hydrogen) atoms. The topological polar surface area (TPSA) is 166 Å². The van der Waals surface area contributed by atoms with E-state index in [1.165, 1.54) is 0 Å². The molecule has 0 radical (unpaired) electrons. The van der Waals surface area contributed by atoms with Crippen molar-refractivity contribution in [1.29, 1.82) is 0 Å². The lowest BCUT2D eigenvalue weighted by molar-refractivity contribution is 0.312. The molecule has 8 aromatic heterocycles. The number of hydrogen-bond acceptors (Lipinski definition) is 11. The Morgan fingerprint density at radius 2 is 1.25 bits per heavy atom. The van der Waals surface area contributed by atoms with Gasteiger partial charge in [0.1, 0.15) is 23.0 Å². The van der Waals surface area contributed by atoms with Gasteiger partial charge in [0, 0.05) is 98.5 Å². The normalized spacial score (nSPS) is 15.8. The Morgan fingerprint density at radius 1 is 0.657 bits per heavy atom. The summed E-state index contributed by atoms with van der Waals surface area (Å²) in [6.07, 6.45) is 20.7. The average molecular weight is 896 g/mol. The summed E-state index contributed by atoms with van der Waals surface area (Å²) in [6.45, 7) is 26.1. The molecule has 0 atom stereocenters. The summed E-state index contributed by atoms with van der Waals surface area (Å²) in [6, 6.07) is 10.5. The fourth-order valence-corrected chi connectivity index (χ4v) is 8.41. The van der Waals surface area contributed by atoms with Gasteiger partial charge in [0.25, 0.3) is 0 Å². The molecule has 0 spiro atoms. The third kappa shape index (κ3) is 9.88. The van der Waals surface area contributed by atoms with E-state index in [4.69, 9.17) is 9.97 Å². The van der Waals surface area contributed by atoms with Gasteiger partial charge in [0.15, 0.2) is 0 Å². The molecule has 4 N–H and O–H groups in total. The molecule has 0 aliphatic carbocycles. The Balaban J connectivity index is 0.000000175. The molecule has 0 bridgehead atoms. The summed E-state index contributed by atoms with van der Waals surface area (Å²) in [5.41, 5.74) is 11.2. The van der Waals surface area contributed by atoms with E-state index in [9.17, 15) is 0 Å². The van der Waals surface area contributed by atoms with E-state index in [-0.39, 0.29) is 0 Å². The van der Waals surface area contributed by atoms with Crippen LogP contribution in [0.5, 0.6) is 0 Å². The summed E-state index contributed by atoms with van der Waals surface area (Å²) in [4.78, 5) is 39.1. The second kappa shape index (κ2) is 20.8. The first-order valence-electron chi connectivity index (χ1n) is 23.0. The van der Waals surface area contributed by atoms with Crippen LogP contribution in [0, 0.1) is 0 Å². The third-order valence-electron chi connectivity index (χ3n) is 12.3. The first kappa shape index (κ1) is 46.1. The number of pyridine rings is 3. The molecule has 2 saturated heterocycles. The molecule has 0 amide bonds. The van der Waals surface area contributed by atoms with Gasteiger partial charge >= 0.3 is 0 Å². The summed E-state index contributed by atoms with van der Waals surface area (Å²) >= 11 is 0. The van der Waals surface area contributed by atoms with Gasteiger partial charge in [-0.1, -0.05) is 56.9 Å². The van der Waals surface area contributed by atoms with Crippen LogP contribution in [0.25, 0.3) is 78.8 Å². The van der Waals surface area contributed by atoms with Crippen molar-refractivity contribution in [2.24, 2.45) is 0 Å². The van der Waals surface area contributed by atoms with Gasteiger partial charge in [-0.05, 0) is 82.4 Å². The summed E-state index contributed by atoms with van der Waals surface area (Å²) in [7, 11) is 4.33. The Kier molecular flexibility index (Phi) is 14.3. The van der Waals surface area contributed by atoms with E-state index >= 15 is 0 Å². The smallest absolute Gasteiger partial charge is 0.138 e. The van der Waals surface area contributed by atoms with Crippen LogP contribution >= 0.6 is 0 Å². The predicted octanol–water partition coefficient (Wildman–Crippen LogP) is 7.60. The highest BCUT2D eigenvalue weighted by Gasteiger charge is 2.22. The van der Waals surface area contributed by atoms with Crippen LogP contribution in [-0.2, 0) is 0 Å². The number of piperazine rings is 2. The molecule has 2 fully saturated rings. The van der Waals surface area contributed by atoms with Crippen molar-refractivity contribution in [3.63, 3.8) is 0 Å². The SMILES string of the molecule is C=C(/C=c1/c(-c2cc3c(N4CCN(C)CC4)nccc3[nH]2)n[nH]/c1=C/C)c1cnccn1.C=C/C(C)=C\C(=C/C)c1cc2c(-c3cc4c(N5CCN(C)CC5)nccc4[nH]3)n[nH]c2cn1.CC. The van der Waals surface area contributed by atoms with Gasteiger partial charge in [-0.25, -0.2) is 9.97 Å². The maximum Gasteiger partial charge on any atom is 0.138 e. The maximum absolute atomic E-state index is 4.72. The number of H-pyrrole nitrogens is 4. The molecule has 15 heteroatoms. The van der Waals surface area contributed by atoms with Crippen LogP contribution in [0.2, 0.25) is 0 Å². The highest BCUT2D eigenvalue weighted by molar-refractivity contribution is 6.00. The van der Waals surface area contributed by atoms with E-state index < -0.39 is 0 Å². The number of nitrogens with one attached hydrogen (secondary N) is 4. The van der Waals surface area contributed by atoms with Crippen molar-refractivity contribution >= 4 is 67.6 Å². The number of aromatic amines is 4. The lowest BCUT2D eigenvalue weighted by Gasteiger charge is -2.33. The van der Waals surface area contributed by atoms with Crippen LogP contribution in [0.3, 0.4) is 0 Å². The van der Waals surface area contributed by atoms with Crippen LogP contribution in [0.4, 0.5) is 11.6 Å². The van der Waals surface area contributed by atoms with Crippen LogP contribution in [-0.4, -0.2) is 132 Å². The average Bonchev–Trinajstić information content (AvgIpc) is 4.19. The minimum Gasteiger partial charge on any atom is -0.353 e. The first-order chi connectivity index (χ1) is 32.7. The number of rotatable bonds is 9. The van der Waals surface area contributed by atoms with Crippen molar-refractivity contribution in [2.45, 2.75) is 34.6 Å². The number of anilines is 2. The summed E-state index contributed by atoms with van der Waals surface area (Å²) in [5.74, 6) is 2.05. The molecular weight excluding hydrogens is 835 g/mol. The lowest BCUT2D eigenvalue weighted by Crippen LogP contribution is -2.44. The quantitative estimate of drug-likeness (QED) is 0.105. The minimum atomic E-state index is 0.736. The number of hydrogen-bond donors (Lipinski definition) is 4. The second-order valence-corrected chi connectivity index (χ2v) is 16.6. The Hall–Kier alpha value is -7.49. The first-order valence-corrected chi connectivity index (χ1v) is 23.0. The van der Waals surface area contributed by atoms with Crippen LogP contribution < -0.4 is 20.4 Å². The maximum atomic E-state index is 4.72. The number of aromatic nitrogens is 11. The van der Waals surface area contributed by atoms with Gasteiger partial charge in [0.05, 0.1) is 57.1 Å². The van der Waals surface area contributed by atoms with Crippen molar-refractivity contribution < 1.29 is 0 Å². The van der Waals surface area contributed by atoms with E-state index in [2.05, 4.69) is 123 Å². The van der Waals surface area contributed by atoms with Crippen molar-refractivity contribution in [3.05, 3.63) is 126 Å². The Morgan fingerprint density at radius 3 is 1.81 bits per heavy atom. The molecule has 15 nitrogen and oxygen atoms in total. The van der Waals surface area contributed by atoms with Crippen LogP contribution in [0.15, 0.2) is 104 Å². The molecule has 0 unspecified atom stereocenters. The van der Waals surface area contributed by atoms with Crippen molar-refractivity contribution in [2.75, 3.05) is 76.3 Å². The highest BCUT2D eigenvalue weighted by atomic mass is 15.3. The summed E-state index contributed by atoms with van der Waals surface area (Å²) in [5, 5.41) is 20.7. The van der Waals surface area contributed by atoms with Crippen molar-refractivity contribution in [1.82, 2.24) is 65.1 Å². The molecule has 8 aromatic rings. The molecular formula is C52H61N15. The zero-order chi connectivity index (χ0) is 47.0. The van der Waals surface area contributed by atoms with E-state index in [1.54, 1.807) is 18.6 Å². The van der Waals surface area contributed by atoms with E-state index in [0.29, 0.717) is 0 Å². The zero-order valence-electron chi connectivity index (χ0n) is 39.7. The van der Waals surface area contributed by atoms with Gasteiger partial charge in [0.2, 0.25) is 0 Å². The number of likely N-dealkylation sites (N-methyl/N-ethyl adjacent to an activating group) is 2.